The SMILES string of the molecule is CCC/C=C/c1c(C#N)cc(O)c(O)c1C#N. The zero-order chi connectivity index (χ0) is 12.8. The van der Waals surface area contributed by atoms with Crippen LogP contribution in [0.25, 0.3) is 6.08 Å². The molecule has 0 bridgehead atoms. The smallest absolute Gasteiger partial charge is 0.176 e. The molecule has 86 valence electrons. The first-order chi connectivity index (χ1) is 8.15. The minimum absolute atomic E-state index is 0.0751. The number of nitrogens with zero attached hydrogens (tertiary/aromatic N) is 2. The molecule has 0 aliphatic carbocycles. The van der Waals surface area contributed by atoms with E-state index in [1.54, 1.807) is 12.1 Å². The summed E-state index contributed by atoms with van der Waals surface area (Å²) < 4.78 is 0. The Morgan fingerprint density at radius 3 is 2.53 bits per heavy atom. The van der Waals surface area contributed by atoms with Gasteiger partial charge >= 0.3 is 0 Å². The summed E-state index contributed by atoms with van der Waals surface area (Å²) >= 11 is 0. The molecule has 0 saturated carbocycles. The van der Waals surface area contributed by atoms with Gasteiger partial charge in [0.25, 0.3) is 0 Å². The van der Waals surface area contributed by atoms with E-state index in [1.165, 1.54) is 0 Å². The van der Waals surface area contributed by atoms with Gasteiger partial charge in [-0.1, -0.05) is 25.5 Å². The third kappa shape index (κ3) is 2.56. The lowest BCUT2D eigenvalue weighted by Gasteiger charge is -2.05. The van der Waals surface area contributed by atoms with E-state index in [4.69, 9.17) is 10.5 Å². The van der Waals surface area contributed by atoms with Crippen LogP contribution in [0.1, 0.15) is 36.5 Å². The van der Waals surface area contributed by atoms with Crippen LogP contribution < -0.4 is 0 Å². The molecule has 2 N–H and O–H groups in total. The molecular weight excluding hydrogens is 216 g/mol. The number of unbranched alkanes of at least 4 members (excludes halogenated alkanes) is 1. The van der Waals surface area contributed by atoms with Crippen molar-refractivity contribution in [2.45, 2.75) is 19.8 Å². The van der Waals surface area contributed by atoms with Gasteiger partial charge in [0.1, 0.15) is 11.6 Å². The van der Waals surface area contributed by atoms with E-state index < -0.39 is 11.5 Å². The fraction of sp³-hybridized carbons (Fsp3) is 0.231. The second-order valence-corrected chi connectivity index (χ2v) is 3.50. The topological polar surface area (TPSA) is 88.0 Å². The fourth-order valence-electron chi connectivity index (χ4n) is 1.42. The van der Waals surface area contributed by atoms with E-state index >= 15 is 0 Å². The third-order valence-electron chi connectivity index (χ3n) is 2.29. The van der Waals surface area contributed by atoms with Crippen molar-refractivity contribution in [1.29, 1.82) is 10.5 Å². The van der Waals surface area contributed by atoms with Crippen LogP contribution in [0.3, 0.4) is 0 Å². The maximum absolute atomic E-state index is 9.54. The molecule has 0 atom stereocenters. The molecule has 1 aromatic rings. The lowest BCUT2D eigenvalue weighted by molar-refractivity contribution is 0.402. The highest BCUT2D eigenvalue weighted by Crippen LogP contribution is 2.34. The van der Waals surface area contributed by atoms with Crippen molar-refractivity contribution >= 4 is 6.08 Å². The van der Waals surface area contributed by atoms with Crippen molar-refractivity contribution in [2.75, 3.05) is 0 Å². The Morgan fingerprint density at radius 2 is 2.00 bits per heavy atom. The van der Waals surface area contributed by atoms with Crippen molar-refractivity contribution in [3.63, 3.8) is 0 Å². The minimum Gasteiger partial charge on any atom is -0.504 e. The number of aromatic hydroxyl groups is 2. The maximum Gasteiger partial charge on any atom is 0.176 e. The van der Waals surface area contributed by atoms with Gasteiger partial charge in [0.15, 0.2) is 11.5 Å². The van der Waals surface area contributed by atoms with E-state index in [2.05, 4.69) is 0 Å². The van der Waals surface area contributed by atoms with E-state index in [0.29, 0.717) is 5.56 Å². The second kappa shape index (κ2) is 5.58. The lowest BCUT2D eigenvalue weighted by Crippen LogP contribution is -1.90. The van der Waals surface area contributed by atoms with E-state index in [1.807, 2.05) is 19.1 Å². The van der Waals surface area contributed by atoms with Crippen LogP contribution in [0.5, 0.6) is 11.5 Å². The molecule has 0 aliphatic heterocycles. The summed E-state index contributed by atoms with van der Waals surface area (Å²) in [5.41, 5.74) is 0.442. The summed E-state index contributed by atoms with van der Waals surface area (Å²) in [4.78, 5) is 0. The average Bonchev–Trinajstić information content (AvgIpc) is 2.33. The Kier molecular flexibility index (Phi) is 4.14. The van der Waals surface area contributed by atoms with Crippen LogP contribution >= 0.6 is 0 Å². The van der Waals surface area contributed by atoms with Crippen molar-refractivity contribution in [3.05, 3.63) is 28.8 Å². The Labute approximate surface area is 99.7 Å². The quantitative estimate of drug-likeness (QED) is 0.778. The number of phenols is 2. The van der Waals surface area contributed by atoms with Crippen molar-refractivity contribution in [2.24, 2.45) is 0 Å². The Morgan fingerprint density at radius 1 is 1.29 bits per heavy atom. The van der Waals surface area contributed by atoms with Gasteiger partial charge in [-0.25, -0.2) is 0 Å². The average molecular weight is 228 g/mol. The van der Waals surface area contributed by atoms with Gasteiger partial charge in [-0.05, 0) is 6.42 Å². The summed E-state index contributed by atoms with van der Waals surface area (Å²) in [5, 5.41) is 36.8. The third-order valence-corrected chi connectivity index (χ3v) is 2.29. The molecule has 0 amide bonds. The molecule has 0 saturated heterocycles. The summed E-state index contributed by atoms with van der Waals surface area (Å²) in [6.45, 7) is 2.01. The van der Waals surface area contributed by atoms with Gasteiger partial charge in [-0.2, -0.15) is 10.5 Å². The molecule has 0 aliphatic rings. The Hall–Kier alpha value is -2.46. The van der Waals surface area contributed by atoms with Gasteiger partial charge in [0.05, 0.1) is 11.6 Å². The highest BCUT2D eigenvalue weighted by molar-refractivity contribution is 5.71. The number of phenolic OH excluding ortho intramolecular Hbond substituents is 2. The normalized spacial score (nSPS) is 10.1. The van der Waals surface area contributed by atoms with Crippen LogP contribution in [0, 0.1) is 22.7 Å². The van der Waals surface area contributed by atoms with Crippen LogP contribution in [-0.2, 0) is 0 Å². The molecule has 0 unspecified atom stereocenters. The van der Waals surface area contributed by atoms with Crippen molar-refractivity contribution in [3.8, 4) is 23.6 Å². The predicted octanol–water partition coefficient (Wildman–Crippen LogP) is 2.65. The largest absolute Gasteiger partial charge is 0.504 e. The lowest BCUT2D eigenvalue weighted by atomic mass is 9.99. The molecule has 0 aromatic heterocycles. The molecular formula is C13H12N2O2. The zero-order valence-corrected chi connectivity index (χ0v) is 9.44. The first kappa shape index (κ1) is 12.6. The molecule has 4 nitrogen and oxygen atoms in total. The number of rotatable bonds is 3. The number of hydrogen-bond acceptors (Lipinski definition) is 4. The number of benzene rings is 1. The van der Waals surface area contributed by atoms with Gasteiger partial charge in [0.2, 0.25) is 0 Å². The first-order valence-corrected chi connectivity index (χ1v) is 5.21. The van der Waals surface area contributed by atoms with Crippen LogP contribution in [-0.4, -0.2) is 10.2 Å². The van der Waals surface area contributed by atoms with Crippen molar-refractivity contribution < 1.29 is 10.2 Å². The van der Waals surface area contributed by atoms with E-state index in [9.17, 15) is 10.2 Å². The summed E-state index contributed by atoms with van der Waals surface area (Å²) in [7, 11) is 0. The second-order valence-electron chi connectivity index (χ2n) is 3.50. The van der Waals surface area contributed by atoms with Gasteiger partial charge in [-0.15, -0.1) is 0 Å². The fourth-order valence-corrected chi connectivity index (χ4v) is 1.42. The highest BCUT2D eigenvalue weighted by atomic mass is 16.3. The molecule has 17 heavy (non-hydrogen) atoms. The predicted molar refractivity (Wildman–Crippen MR) is 63.1 cm³/mol. The molecule has 0 spiro atoms. The van der Waals surface area contributed by atoms with Crippen LogP contribution in [0.2, 0.25) is 0 Å². The molecule has 0 radical (unpaired) electrons. The van der Waals surface area contributed by atoms with Gasteiger partial charge in [0, 0.05) is 11.6 Å². The van der Waals surface area contributed by atoms with Crippen LogP contribution in [0.15, 0.2) is 12.1 Å². The molecule has 0 heterocycles. The van der Waals surface area contributed by atoms with E-state index in [0.717, 1.165) is 18.9 Å². The summed E-state index contributed by atoms with van der Waals surface area (Å²) in [6.07, 6.45) is 5.22. The maximum atomic E-state index is 9.54. The molecule has 4 heteroatoms. The number of nitriles is 2. The Bertz CT molecular complexity index is 534. The Balaban J connectivity index is 3.41. The number of allylic oxidation sites excluding steroid dienone is 1. The van der Waals surface area contributed by atoms with E-state index in [-0.39, 0.29) is 11.1 Å². The van der Waals surface area contributed by atoms with Gasteiger partial charge in [-0.3, -0.25) is 0 Å². The molecule has 1 aromatic carbocycles. The van der Waals surface area contributed by atoms with Gasteiger partial charge < -0.3 is 10.2 Å². The minimum atomic E-state index is -0.484. The summed E-state index contributed by atoms with van der Waals surface area (Å²) in [6, 6.07) is 4.84. The monoisotopic (exact) mass is 228 g/mol. The van der Waals surface area contributed by atoms with Crippen molar-refractivity contribution in [1.82, 2.24) is 0 Å². The standard InChI is InChI=1S/C13H12N2O2/c1-2-3-4-5-10-9(7-14)6-12(16)13(17)11(10)8-15/h4-6,16-17H,2-3H2,1H3/b5-4+. The number of hydrogen-bond donors (Lipinski definition) is 2. The first-order valence-electron chi connectivity index (χ1n) is 5.21. The summed E-state index contributed by atoms with van der Waals surface area (Å²) in [5.74, 6) is -0.937. The molecule has 1 rings (SSSR count). The van der Waals surface area contributed by atoms with Crippen LogP contribution in [0.4, 0.5) is 0 Å². The highest BCUT2D eigenvalue weighted by Gasteiger charge is 2.15. The zero-order valence-electron chi connectivity index (χ0n) is 9.44. The molecule has 0 fully saturated rings.